The Kier molecular flexibility index (Phi) is 7.63. The minimum absolute atomic E-state index is 0. The molecule has 6 aromatic carbocycles. The molecule has 0 aliphatic rings. The molecule has 0 radical (unpaired) electrons. The third-order valence-electron chi connectivity index (χ3n) is 5.44. The number of hydrogen-bond donors (Lipinski definition) is 0. The molecule has 0 spiro atoms. The zero-order valence-corrected chi connectivity index (χ0v) is 22.2. The molecule has 32 heavy (non-hydrogen) atoms. The second-order valence-corrected chi connectivity index (χ2v) is 9.72. The molecule has 0 aliphatic heterocycles. The van der Waals surface area contributed by atoms with E-state index >= 15 is 0 Å². The van der Waals surface area contributed by atoms with Crippen molar-refractivity contribution in [2.75, 3.05) is 0 Å². The van der Waals surface area contributed by atoms with E-state index in [0.717, 1.165) is 0 Å². The largest absolute Gasteiger partial charge is 0.168 e. The molecule has 0 bridgehead atoms. The Labute approximate surface area is 209 Å². The fourth-order valence-corrected chi connectivity index (χ4v) is 6.31. The Morgan fingerprint density at radius 2 is 1.03 bits per heavy atom. The van der Waals surface area contributed by atoms with Gasteiger partial charge in [0.15, 0.2) is 0 Å². The van der Waals surface area contributed by atoms with Crippen molar-refractivity contribution in [2.45, 2.75) is 0 Å². The summed E-state index contributed by atoms with van der Waals surface area (Å²) in [6.07, 6.45) is 0. The normalized spacial score (nSPS) is 10.5. The Hall–Kier alpha value is -2.60. The molecule has 0 amide bonds. The van der Waals surface area contributed by atoms with Crippen LogP contribution in [-0.4, -0.2) is 0 Å². The van der Waals surface area contributed by atoms with Gasteiger partial charge < -0.3 is 0 Å². The summed E-state index contributed by atoms with van der Waals surface area (Å²) in [7, 11) is -0.493. The molecule has 0 N–H and O–H groups in total. The average Bonchev–Trinajstić information content (AvgIpc) is 3.48. The summed E-state index contributed by atoms with van der Waals surface area (Å²) in [4.78, 5) is 0. The molecule has 0 unspecified atom stereocenters. The molecule has 2 heteroatoms. The second-order valence-electron chi connectivity index (χ2n) is 7.50. The fourth-order valence-electron chi connectivity index (χ4n) is 3.93. The Morgan fingerprint density at radius 3 is 1.62 bits per heavy atom. The van der Waals surface area contributed by atoms with Gasteiger partial charge in [-0.1, -0.05) is 72.8 Å². The first-order chi connectivity index (χ1) is 15.4. The van der Waals surface area contributed by atoms with Crippen LogP contribution in [0.5, 0.6) is 0 Å². The molecule has 0 saturated carbocycles. The SMILES string of the molecule is [Hf].c1ccc(P(c2ccccc2)c2cc3ccccc3[cH-]2)cc1.c1ccc2[cH-]ccc2c1. The van der Waals surface area contributed by atoms with Gasteiger partial charge in [0.05, 0.1) is 0 Å². The summed E-state index contributed by atoms with van der Waals surface area (Å²) in [6.45, 7) is 0. The molecule has 0 aliphatic carbocycles. The van der Waals surface area contributed by atoms with E-state index in [1.807, 2.05) is 0 Å². The summed E-state index contributed by atoms with van der Waals surface area (Å²) in [6, 6.07) is 49.7. The van der Waals surface area contributed by atoms with Crippen LogP contribution in [0.1, 0.15) is 0 Å². The van der Waals surface area contributed by atoms with E-state index in [9.17, 15) is 0 Å². The Morgan fingerprint density at radius 1 is 0.500 bits per heavy atom. The summed E-state index contributed by atoms with van der Waals surface area (Å²) in [5.74, 6) is 0. The first kappa shape index (κ1) is 22.6. The molecular weight excluding hydrogens is 570 g/mol. The monoisotopic (exact) mass is 594 g/mol. The van der Waals surface area contributed by atoms with Crippen LogP contribution in [0.2, 0.25) is 0 Å². The maximum absolute atomic E-state index is 2.35. The molecule has 0 atom stereocenters. The average molecular weight is 593 g/mol. The number of hydrogen-bond acceptors (Lipinski definition) is 0. The van der Waals surface area contributed by atoms with Gasteiger partial charge in [0.2, 0.25) is 0 Å². The molecule has 0 nitrogen and oxygen atoms in total. The molecule has 0 aromatic heterocycles. The van der Waals surface area contributed by atoms with Gasteiger partial charge in [-0.3, -0.25) is 0 Å². The molecule has 6 rings (SSSR count). The first-order valence-corrected chi connectivity index (χ1v) is 11.9. The third kappa shape index (κ3) is 5.07. The zero-order valence-electron chi connectivity index (χ0n) is 17.7. The summed E-state index contributed by atoms with van der Waals surface area (Å²) in [5, 5.41) is 9.55. The van der Waals surface area contributed by atoms with Gasteiger partial charge in [-0.2, -0.15) is 23.6 Å². The first-order valence-electron chi connectivity index (χ1n) is 10.5. The number of benzene rings is 4. The van der Waals surface area contributed by atoms with Crippen LogP contribution in [0.25, 0.3) is 21.5 Å². The van der Waals surface area contributed by atoms with Crippen molar-refractivity contribution in [1.29, 1.82) is 0 Å². The molecule has 0 fully saturated rings. The van der Waals surface area contributed by atoms with Crippen molar-refractivity contribution in [3.05, 3.63) is 140 Å². The van der Waals surface area contributed by atoms with Crippen LogP contribution in [0, 0.1) is 0 Å². The predicted octanol–water partition coefficient (Wildman–Crippen LogP) is 6.87. The summed E-state index contributed by atoms with van der Waals surface area (Å²) in [5.41, 5.74) is 0. The van der Waals surface area contributed by atoms with Crippen molar-refractivity contribution in [3.8, 4) is 0 Å². The summed E-state index contributed by atoms with van der Waals surface area (Å²) < 4.78 is 0. The topological polar surface area (TPSA) is 0 Å². The van der Waals surface area contributed by atoms with Gasteiger partial charge in [-0.05, 0) is 18.5 Å². The van der Waals surface area contributed by atoms with Crippen molar-refractivity contribution >= 4 is 45.4 Å². The molecule has 0 saturated heterocycles. The van der Waals surface area contributed by atoms with E-state index in [-0.39, 0.29) is 25.8 Å². The molecule has 6 aromatic rings. The van der Waals surface area contributed by atoms with Crippen LogP contribution in [0.3, 0.4) is 0 Å². The van der Waals surface area contributed by atoms with Crippen molar-refractivity contribution in [1.82, 2.24) is 0 Å². The maximum atomic E-state index is 2.35. The number of rotatable bonds is 3. The van der Waals surface area contributed by atoms with Gasteiger partial charge in [-0.25, -0.2) is 0 Å². The van der Waals surface area contributed by atoms with E-state index in [4.69, 9.17) is 0 Å². The smallest absolute Gasteiger partial charge is 0 e. The van der Waals surface area contributed by atoms with Crippen molar-refractivity contribution < 1.29 is 25.8 Å². The van der Waals surface area contributed by atoms with Gasteiger partial charge >= 0.3 is 0 Å². The molecular formula is C30H23HfP-2. The maximum Gasteiger partial charge on any atom is 0 e. The van der Waals surface area contributed by atoms with Crippen LogP contribution in [-0.2, 0) is 25.8 Å². The van der Waals surface area contributed by atoms with E-state index in [1.165, 1.54) is 37.5 Å². The third-order valence-corrected chi connectivity index (χ3v) is 7.84. The van der Waals surface area contributed by atoms with Gasteiger partial charge in [0, 0.05) is 25.8 Å². The molecule has 0 heterocycles. The van der Waals surface area contributed by atoms with E-state index in [1.54, 1.807) is 0 Å². The standard InChI is InChI=1S/C21H16P.C9H7.Hf/c1-3-11-19(12-4-1)22(20-13-5-2-6-14-20)21-15-17-9-7-8-10-18(17)16-21;1-2-5-9-7-3-6-8(9)4-1;/h1-16H;1-7H;/q2*-1;. The van der Waals surface area contributed by atoms with Crippen LogP contribution < -0.4 is 15.9 Å². The van der Waals surface area contributed by atoms with E-state index < -0.39 is 7.92 Å². The van der Waals surface area contributed by atoms with E-state index in [2.05, 4.69) is 140 Å². The predicted molar refractivity (Wildman–Crippen MR) is 138 cm³/mol. The fraction of sp³-hybridized carbons (Fsp3) is 0. The minimum atomic E-state index is -0.493. The Bertz CT molecular complexity index is 1280. The van der Waals surface area contributed by atoms with Crippen LogP contribution >= 0.6 is 7.92 Å². The van der Waals surface area contributed by atoms with E-state index in [0.29, 0.717) is 0 Å². The summed E-state index contributed by atoms with van der Waals surface area (Å²) >= 11 is 0. The van der Waals surface area contributed by atoms with Gasteiger partial charge in [-0.15, -0.1) is 70.0 Å². The van der Waals surface area contributed by atoms with Gasteiger partial charge in [0.25, 0.3) is 0 Å². The minimum Gasteiger partial charge on any atom is -0.168 e. The van der Waals surface area contributed by atoms with Crippen molar-refractivity contribution in [2.24, 2.45) is 0 Å². The zero-order chi connectivity index (χ0) is 20.9. The molecule has 154 valence electrons. The van der Waals surface area contributed by atoms with Crippen molar-refractivity contribution in [3.63, 3.8) is 0 Å². The van der Waals surface area contributed by atoms with Crippen LogP contribution in [0.15, 0.2) is 140 Å². The van der Waals surface area contributed by atoms with Crippen LogP contribution in [0.4, 0.5) is 0 Å². The van der Waals surface area contributed by atoms with Gasteiger partial charge in [0.1, 0.15) is 0 Å². The number of fused-ring (bicyclic) bond motifs is 2. The second kappa shape index (κ2) is 10.8. The quantitative estimate of drug-likeness (QED) is 0.120. The Balaban J connectivity index is 0.000000205.